The molecule has 1 atom stereocenters. The summed E-state index contributed by atoms with van der Waals surface area (Å²) in [6, 6.07) is 10.3. The van der Waals surface area contributed by atoms with Gasteiger partial charge in [0.15, 0.2) is 11.0 Å². The van der Waals surface area contributed by atoms with E-state index >= 15 is 0 Å². The molecular formula is C25H29Cl2N5O2S. The van der Waals surface area contributed by atoms with Crippen LogP contribution in [0.3, 0.4) is 0 Å². The maximum Gasteiger partial charge on any atom is 0.253 e. The number of aromatic nitrogens is 3. The first-order valence-electron chi connectivity index (χ1n) is 11.2. The lowest BCUT2D eigenvalue weighted by molar-refractivity contribution is -0.113. The van der Waals surface area contributed by atoms with Crippen LogP contribution in [0.15, 0.2) is 41.6 Å². The molecule has 1 heterocycles. The SMILES string of the molecule is Cc1cccc(C)c1NC(=O)CSc1nnc([C@@H](CC(C)C)NC(=O)c2ccc(Cl)cc2Cl)n1C. The molecule has 0 saturated carbocycles. The normalized spacial score (nSPS) is 12.0. The van der Waals surface area contributed by atoms with E-state index in [4.69, 9.17) is 23.2 Å². The first-order valence-corrected chi connectivity index (χ1v) is 12.9. The quantitative estimate of drug-likeness (QED) is 0.330. The van der Waals surface area contributed by atoms with Gasteiger partial charge in [-0.15, -0.1) is 10.2 Å². The molecule has 0 radical (unpaired) electrons. The number of hydrogen-bond donors (Lipinski definition) is 2. The third-order valence-corrected chi connectivity index (χ3v) is 7.01. The summed E-state index contributed by atoms with van der Waals surface area (Å²) in [6.45, 7) is 8.06. The Kier molecular flexibility index (Phi) is 9.21. The topological polar surface area (TPSA) is 88.9 Å². The summed E-state index contributed by atoms with van der Waals surface area (Å²) in [6.07, 6.45) is 0.653. The summed E-state index contributed by atoms with van der Waals surface area (Å²) >= 11 is 13.5. The number of nitrogens with zero attached hydrogens (tertiary/aromatic N) is 3. The minimum Gasteiger partial charge on any atom is -0.342 e. The summed E-state index contributed by atoms with van der Waals surface area (Å²) in [4.78, 5) is 25.5. The number of aryl methyl sites for hydroxylation is 2. The lowest BCUT2D eigenvalue weighted by Gasteiger charge is -2.20. The van der Waals surface area contributed by atoms with Crippen molar-refractivity contribution in [2.24, 2.45) is 13.0 Å². The number of benzene rings is 2. The highest BCUT2D eigenvalue weighted by atomic mass is 35.5. The van der Waals surface area contributed by atoms with Crippen molar-refractivity contribution in [3.8, 4) is 0 Å². The highest BCUT2D eigenvalue weighted by Gasteiger charge is 2.24. The van der Waals surface area contributed by atoms with E-state index in [-0.39, 0.29) is 34.5 Å². The number of para-hydroxylation sites is 1. The lowest BCUT2D eigenvalue weighted by Crippen LogP contribution is -2.31. The number of rotatable bonds is 9. The Balaban J connectivity index is 1.72. The van der Waals surface area contributed by atoms with E-state index in [0.717, 1.165) is 16.8 Å². The minimum absolute atomic E-state index is 0.124. The molecule has 0 aliphatic heterocycles. The monoisotopic (exact) mass is 533 g/mol. The molecule has 0 bridgehead atoms. The first kappa shape index (κ1) is 27.0. The second-order valence-corrected chi connectivity index (χ2v) is 10.6. The van der Waals surface area contributed by atoms with E-state index in [9.17, 15) is 9.59 Å². The molecule has 35 heavy (non-hydrogen) atoms. The Morgan fingerprint density at radius 3 is 2.40 bits per heavy atom. The number of halogens is 2. The number of amides is 2. The Morgan fingerprint density at radius 2 is 1.77 bits per heavy atom. The molecule has 0 aliphatic carbocycles. The van der Waals surface area contributed by atoms with Crippen molar-refractivity contribution in [1.29, 1.82) is 0 Å². The largest absolute Gasteiger partial charge is 0.342 e. The highest BCUT2D eigenvalue weighted by molar-refractivity contribution is 7.99. The van der Waals surface area contributed by atoms with Crippen LogP contribution in [-0.4, -0.2) is 32.3 Å². The van der Waals surface area contributed by atoms with Gasteiger partial charge in [0.2, 0.25) is 5.91 Å². The van der Waals surface area contributed by atoms with E-state index in [0.29, 0.717) is 28.0 Å². The van der Waals surface area contributed by atoms with Gasteiger partial charge in [0.1, 0.15) is 0 Å². The molecule has 0 unspecified atom stereocenters. The smallest absolute Gasteiger partial charge is 0.253 e. The molecule has 1 aromatic heterocycles. The van der Waals surface area contributed by atoms with Gasteiger partial charge in [-0.1, -0.05) is 67.0 Å². The molecule has 186 valence electrons. The molecule has 2 N–H and O–H groups in total. The van der Waals surface area contributed by atoms with E-state index in [2.05, 4.69) is 34.7 Å². The Bertz CT molecular complexity index is 1210. The number of carbonyl (C=O) groups is 2. The van der Waals surface area contributed by atoms with Crippen molar-refractivity contribution < 1.29 is 9.59 Å². The molecule has 0 spiro atoms. The maximum atomic E-state index is 12.9. The fourth-order valence-corrected chi connectivity index (χ4v) is 4.89. The molecule has 0 saturated heterocycles. The third-order valence-electron chi connectivity index (χ3n) is 5.45. The van der Waals surface area contributed by atoms with Crippen molar-refractivity contribution in [3.63, 3.8) is 0 Å². The maximum absolute atomic E-state index is 12.9. The summed E-state index contributed by atoms with van der Waals surface area (Å²) < 4.78 is 1.81. The van der Waals surface area contributed by atoms with Crippen LogP contribution in [0, 0.1) is 19.8 Å². The van der Waals surface area contributed by atoms with Crippen molar-refractivity contribution in [2.45, 2.75) is 45.3 Å². The van der Waals surface area contributed by atoms with Gasteiger partial charge in [-0.3, -0.25) is 9.59 Å². The average Bonchev–Trinajstić information content (AvgIpc) is 3.14. The van der Waals surface area contributed by atoms with Gasteiger partial charge in [-0.25, -0.2) is 0 Å². The summed E-state index contributed by atoms with van der Waals surface area (Å²) in [5.41, 5.74) is 3.19. The fourth-order valence-electron chi connectivity index (χ4n) is 3.68. The van der Waals surface area contributed by atoms with Crippen LogP contribution in [-0.2, 0) is 11.8 Å². The number of thioether (sulfide) groups is 1. The molecule has 2 amide bonds. The second-order valence-electron chi connectivity index (χ2n) is 8.78. The van der Waals surface area contributed by atoms with Crippen LogP contribution in [0.25, 0.3) is 0 Å². The predicted molar refractivity (Wildman–Crippen MR) is 142 cm³/mol. The van der Waals surface area contributed by atoms with Gasteiger partial charge in [-0.05, 0) is 55.5 Å². The van der Waals surface area contributed by atoms with Crippen LogP contribution in [0.1, 0.15) is 53.6 Å². The Labute approximate surface area is 220 Å². The third kappa shape index (κ3) is 6.99. The summed E-state index contributed by atoms with van der Waals surface area (Å²) in [5, 5.41) is 15.9. The zero-order valence-corrected chi connectivity index (χ0v) is 22.7. The molecule has 0 aliphatic rings. The fraction of sp³-hybridized carbons (Fsp3) is 0.360. The number of nitrogens with one attached hydrogen (secondary N) is 2. The zero-order valence-electron chi connectivity index (χ0n) is 20.4. The average molecular weight is 535 g/mol. The van der Waals surface area contributed by atoms with Crippen LogP contribution >= 0.6 is 35.0 Å². The molecule has 10 heteroatoms. The van der Waals surface area contributed by atoms with Crippen molar-refractivity contribution in [2.75, 3.05) is 11.1 Å². The van der Waals surface area contributed by atoms with Crippen LogP contribution in [0.2, 0.25) is 10.0 Å². The zero-order chi connectivity index (χ0) is 25.7. The van der Waals surface area contributed by atoms with E-state index in [1.807, 2.05) is 43.7 Å². The van der Waals surface area contributed by atoms with Crippen molar-refractivity contribution in [1.82, 2.24) is 20.1 Å². The van der Waals surface area contributed by atoms with Crippen molar-refractivity contribution in [3.05, 3.63) is 69.0 Å². The highest BCUT2D eigenvalue weighted by Crippen LogP contribution is 2.27. The van der Waals surface area contributed by atoms with Gasteiger partial charge in [-0.2, -0.15) is 0 Å². The van der Waals surface area contributed by atoms with E-state index < -0.39 is 0 Å². The molecule has 7 nitrogen and oxygen atoms in total. The lowest BCUT2D eigenvalue weighted by atomic mass is 10.0. The van der Waals surface area contributed by atoms with Crippen LogP contribution in [0.5, 0.6) is 0 Å². The van der Waals surface area contributed by atoms with Crippen LogP contribution in [0.4, 0.5) is 5.69 Å². The van der Waals surface area contributed by atoms with E-state index in [1.54, 1.807) is 12.1 Å². The second kappa shape index (κ2) is 11.9. The standard InChI is InChI=1S/C25H29Cl2N5O2S/c1-14(2)11-20(28-24(34)18-10-9-17(26)12-19(18)27)23-30-31-25(32(23)5)35-13-21(33)29-22-15(3)7-6-8-16(22)4/h6-10,12,14,20H,11,13H2,1-5H3,(H,28,34)(H,29,33)/t20-/m1/s1. The summed E-state index contributed by atoms with van der Waals surface area (Å²) in [7, 11) is 1.83. The molecule has 3 rings (SSSR count). The van der Waals surface area contributed by atoms with Gasteiger partial charge in [0, 0.05) is 17.8 Å². The van der Waals surface area contributed by atoms with Gasteiger partial charge in [0.05, 0.1) is 22.4 Å². The Hall–Kier alpha value is -2.55. The minimum atomic E-state index is -0.385. The van der Waals surface area contributed by atoms with E-state index in [1.165, 1.54) is 17.8 Å². The summed E-state index contributed by atoms with van der Waals surface area (Å²) in [5.74, 6) is 0.636. The van der Waals surface area contributed by atoms with Gasteiger partial charge in [0.25, 0.3) is 5.91 Å². The van der Waals surface area contributed by atoms with Gasteiger partial charge >= 0.3 is 0 Å². The number of anilines is 1. The Morgan fingerprint density at radius 1 is 1.09 bits per heavy atom. The first-order chi connectivity index (χ1) is 16.6. The molecule has 2 aromatic carbocycles. The predicted octanol–water partition coefficient (Wildman–Crippen LogP) is 5.99. The van der Waals surface area contributed by atoms with Crippen LogP contribution < -0.4 is 10.6 Å². The van der Waals surface area contributed by atoms with Crippen molar-refractivity contribution >= 4 is 52.5 Å². The molecule has 3 aromatic rings. The number of carbonyl (C=O) groups excluding carboxylic acids is 2. The molecule has 0 fully saturated rings. The van der Waals surface area contributed by atoms with Gasteiger partial charge < -0.3 is 15.2 Å². The number of hydrogen-bond acceptors (Lipinski definition) is 5. The molecular weight excluding hydrogens is 505 g/mol.